The van der Waals surface area contributed by atoms with Crippen LogP contribution in [0.25, 0.3) is 0 Å². The van der Waals surface area contributed by atoms with Crippen molar-refractivity contribution in [2.45, 2.75) is 37.2 Å². The molecule has 2 saturated heterocycles. The summed E-state index contributed by atoms with van der Waals surface area (Å²) in [5.41, 5.74) is -0.225. The van der Waals surface area contributed by atoms with Crippen molar-refractivity contribution in [3.05, 3.63) is 34.4 Å². The summed E-state index contributed by atoms with van der Waals surface area (Å²) in [5, 5.41) is 6.41. The number of rotatable bonds is 4. The highest BCUT2D eigenvalue weighted by molar-refractivity contribution is 6.31. The van der Waals surface area contributed by atoms with Crippen LogP contribution in [0.2, 0.25) is 5.02 Å². The van der Waals surface area contributed by atoms with Gasteiger partial charge in [-0.15, -0.1) is 0 Å². The second-order valence-corrected chi connectivity index (χ2v) is 7.22. The third-order valence-electron chi connectivity index (χ3n) is 4.93. The maximum atomic E-state index is 14.6. The highest BCUT2D eigenvalue weighted by Crippen LogP contribution is 2.38. The van der Waals surface area contributed by atoms with Crippen LogP contribution >= 0.6 is 11.6 Å². The Morgan fingerprint density at radius 2 is 2.00 bits per heavy atom. The van der Waals surface area contributed by atoms with Gasteiger partial charge in [-0.05, 0) is 18.9 Å². The highest BCUT2D eigenvalue weighted by atomic mass is 35.5. The molecule has 3 N–H and O–H groups in total. The monoisotopic (exact) mass is 441 g/mol. The molecule has 2 aliphatic rings. The van der Waals surface area contributed by atoms with Gasteiger partial charge in [0, 0.05) is 12.1 Å². The van der Waals surface area contributed by atoms with Crippen LogP contribution in [0.5, 0.6) is 0 Å². The number of amides is 3. The van der Waals surface area contributed by atoms with Crippen LogP contribution in [0.15, 0.2) is 12.1 Å². The summed E-state index contributed by atoms with van der Waals surface area (Å²) >= 11 is 5.61. The Morgan fingerprint density at radius 1 is 1.28 bits per heavy atom. The Balaban J connectivity index is 1.83. The first kappa shape index (κ1) is 21.6. The van der Waals surface area contributed by atoms with E-state index in [1.807, 2.05) is 0 Å². The summed E-state index contributed by atoms with van der Waals surface area (Å²) in [6.45, 7) is -0.676. The van der Waals surface area contributed by atoms with Crippen molar-refractivity contribution in [3.8, 4) is 0 Å². The van der Waals surface area contributed by atoms with Gasteiger partial charge in [-0.25, -0.2) is 13.6 Å². The molecule has 0 saturated carbocycles. The van der Waals surface area contributed by atoms with Gasteiger partial charge in [0.25, 0.3) is 0 Å². The maximum absolute atomic E-state index is 14.6. The van der Waals surface area contributed by atoms with Gasteiger partial charge in [-0.3, -0.25) is 4.79 Å². The molecular weight excluding hydrogens is 425 g/mol. The minimum Gasteiger partial charge on any atom is -0.375 e. The lowest BCUT2D eigenvalue weighted by Gasteiger charge is -2.35. The second-order valence-electron chi connectivity index (χ2n) is 6.85. The smallest absolute Gasteiger partial charge is 0.375 e. The minimum absolute atomic E-state index is 0.0221. The van der Waals surface area contributed by atoms with E-state index in [0.29, 0.717) is 0 Å². The number of urea groups is 1. The zero-order valence-corrected chi connectivity index (χ0v) is 15.5. The van der Waals surface area contributed by atoms with Crippen LogP contribution in [-0.2, 0) is 9.53 Å². The topological polar surface area (TPSA) is 79.5 Å². The molecule has 0 aliphatic carbocycles. The molecule has 3 rings (SSSR count). The van der Waals surface area contributed by atoms with E-state index in [2.05, 4.69) is 16.0 Å². The van der Waals surface area contributed by atoms with E-state index < -0.39 is 65.5 Å². The van der Waals surface area contributed by atoms with E-state index in [1.54, 1.807) is 0 Å². The Labute approximate surface area is 167 Å². The number of ether oxygens (including phenoxy) is 1. The third kappa shape index (κ3) is 4.72. The largest absolute Gasteiger partial charge is 0.394 e. The summed E-state index contributed by atoms with van der Waals surface area (Å²) in [5.74, 6) is -4.54. The van der Waals surface area contributed by atoms with Crippen molar-refractivity contribution in [2.24, 2.45) is 5.92 Å². The number of nitrogens with one attached hydrogen (secondary N) is 3. The maximum Gasteiger partial charge on any atom is 0.394 e. The molecule has 0 radical (unpaired) electrons. The third-order valence-corrected chi connectivity index (χ3v) is 5.28. The Kier molecular flexibility index (Phi) is 6.18. The van der Waals surface area contributed by atoms with Crippen molar-refractivity contribution >= 4 is 23.5 Å². The molecule has 160 valence electrons. The number of carbonyl (C=O) groups excluding carboxylic acids is 2. The summed E-state index contributed by atoms with van der Waals surface area (Å²) in [6.07, 6.45) is -5.84. The molecule has 3 amide bonds. The molecule has 2 aliphatic heterocycles. The fourth-order valence-electron chi connectivity index (χ4n) is 3.31. The van der Waals surface area contributed by atoms with Crippen LogP contribution in [0.1, 0.15) is 24.4 Å². The molecule has 0 aromatic heterocycles. The fourth-order valence-corrected chi connectivity index (χ4v) is 3.48. The molecular formula is C17H17ClF5N3O3. The lowest BCUT2D eigenvalue weighted by Crippen LogP contribution is -2.49. The fraction of sp³-hybridized carbons (Fsp3) is 0.529. The van der Waals surface area contributed by atoms with Gasteiger partial charge >= 0.3 is 12.2 Å². The predicted octanol–water partition coefficient (Wildman–Crippen LogP) is 2.81. The number of carbonyl (C=O) groups is 2. The number of alkyl halides is 3. The zero-order valence-electron chi connectivity index (χ0n) is 14.8. The molecule has 1 aromatic carbocycles. The molecule has 0 bridgehead atoms. The Bertz CT molecular complexity index is 799. The summed E-state index contributed by atoms with van der Waals surface area (Å²) in [4.78, 5) is 23.7. The lowest BCUT2D eigenvalue weighted by molar-refractivity contribution is -0.210. The lowest BCUT2D eigenvalue weighted by atomic mass is 9.90. The van der Waals surface area contributed by atoms with Gasteiger partial charge in [-0.1, -0.05) is 17.7 Å². The predicted molar refractivity (Wildman–Crippen MR) is 91.1 cm³/mol. The SMILES string of the molecule is O=C1NC[C@@H](C(=O)NC(c2ccc(F)c(Cl)c2F)[C@H]2CC[C@H](C(F)(F)F)CO2)N1. The van der Waals surface area contributed by atoms with Crippen molar-refractivity contribution < 1.29 is 36.3 Å². The van der Waals surface area contributed by atoms with E-state index in [4.69, 9.17) is 16.3 Å². The van der Waals surface area contributed by atoms with Crippen molar-refractivity contribution in [2.75, 3.05) is 13.2 Å². The first-order valence-corrected chi connectivity index (χ1v) is 9.12. The van der Waals surface area contributed by atoms with Crippen molar-refractivity contribution in [1.82, 2.24) is 16.0 Å². The van der Waals surface area contributed by atoms with E-state index >= 15 is 0 Å². The Hall–Kier alpha value is -2.14. The van der Waals surface area contributed by atoms with Crippen molar-refractivity contribution in [1.29, 1.82) is 0 Å². The first-order valence-electron chi connectivity index (χ1n) is 8.74. The van der Waals surface area contributed by atoms with Gasteiger partial charge in [-0.2, -0.15) is 13.2 Å². The molecule has 4 atom stereocenters. The van der Waals surface area contributed by atoms with Gasteiger partial charge < -0.3 is 20.7 Å². The van der Waals surface area contributed by atoms with E-state index in [0.717, 1.165) is 12.1 Å². The molecule has 6 nitrogen and oxygen atoms in total. The van der Waals surface area contributed by atoms with E-state index in [-0.39, 0.29) is 24.9 Å². The quantitative estimate of drug-likeness (QED) is 0.496. The standard InChI is InChI=1S/C17H17ClF5N3O3/c18-12-9(19)3-2-8(13(12)20)14(26-15(27)10-5-24-16(28)25-10)11-4-1-7(6-29-11)17(21,22)23/h2-3,7,10-11,14H,1,4-6H2,(H,26,27)(H2,24,25,28)/t7-,10-,11+,14?/m0/s1. The zero-order chi connectivity index (χ0) is 21.3. The summed E-state index contributed by atoms with van der Waals surface area (Å²) < 4.78 is 72.1. The van der Waals surface area contributed by atoms with Gasteiger partial charge in [0.15, 0.2) is 0 Å². The number of hydrogen-bond acceptors (Lipinski definition) is 3. The second kappa shape index (κ2) is 8.31. The minimum atomic E-state index is -4.44. The summed E-state index contributed by atoms with van der Waals surface area (Å²) in [7, 11) is 0. The Morgan fingerprint density at radius 3 is 2.55 bits per heavy atom. The molecule has 12 heteroatoms. The van der Waals surface area contributed by atoms with Crippen molar-refractivity contribution in [3.63, 3.8) is 0 Å². The molecule has 1 aromatic rings. The van der Waals surface area contributed by atoms with Gasteiger partial charge in [0.2, 0.25) is 5.91 Å². The van der Waals surface area contributed by atoms with E-state index in [1.165, 1.54) is 0 Å². The van der Waals surface area contributed by atoms with Crippen LogP contribution in [-0.4, -0.2) is 43.4 Å². The van der Waals surface area contributed by atoms with Gasteiger partial charge in [0.05, 0.1) is 24.7 Å². The number of hydrogen-bond donors (Lipinski definition) is 3. The summed E-state index contributed by atoms with van der Waals surface area (Å²) in [6, 6.07) is -0.825. The van der Waals surface area contributed by atoms with Crippen LogP contribution < -0.4 is 16.0 Å². The van der Waals surface area contributed by atoms with Crippen LogP contribution in [0, 0.1) is 17.6 Å². The molecule has 1 unspecified atom stereocenters. The van der Waals surface area contributed by atoms with Crippen LogP contribution in [0.4, 0.5) is 26.7 Å². The highest BCUT2D eigenvalue weighted by Gasteiger charge is 2.44. The molecule has 29 heavy (non-hydrogen) atoms. The number of benzene rings is 1. The van der Waals surface area contributed by atoms with Crippen LogP contribution in [0.3, 0.4) is 0 Å². The number of halogens is 6. The molecule has 2 fully saturated rings. The first-order chi connectivity index (χ1) is 13.6. The van der Waals surface area contributed by atoms with E-state index in [9.17, 15) is 31.5 Å². The average molecular weight is 442 g/mol. The molecule has 2 heterocycles. The molecule has 0 spiro atoms. The van der Waals surface area contributed by atoms with Gasteiger partial charge in [0.1, 0.15) is 22.7 Å². The average Bonchev–Trinajstić information content (AvgIpc) is 3.11. The normalized spacial score (nSPS) is 25.9.